The van der Waals surface area contributed by atoms with E-state index in [0.717, 1.165) is 0 Å². The molecule has 0 fully saturated rings. The van der Waals surface area contributed by atoms with Gasteiger partial charge in [-0.2, -0.15) is 0 Å². The van der Waals surface area contributed by atoms with Crippen LogP contribution in [0.4, 0.5) is 34.1 Å². The Bertz CT molecular complexity index is 7400. The number of para-hydroxylation sites is 2. The van der Waals surface area contributed by atoms with Gasteiger partial charge in [0.15, 0.2) is 8.07 Å². The lowest BCUT2D eigenvalue weighted by molar-refractivity contribution is 1.27. The lowest BCUT2D eigenvalue weighted by atomic mass is 9.93. The third kappa shape index (κ3) is 8.78. The Morgan fingerprint density at radius 2 is 0.368 bits per heavy atom. The molecule has 2 aliphatic heterocycles. The van der Waals surface area contributed by atoms with E-state index in [-0.39, 0.29) is 9.80 Å². The molecular weight excluding hydrogens is 1070 g/mol. The first-order chi connectivity index (χ1) is 67.3. The van der Waals surface area contributed by atoms with Gasteiger partial charge < -0.3 is 9.80 Å². The van der Waals surface area contributed by atoms with E-state index in [0.29, 0.717) is 0 Å². The van der Waals surface area contributed by atoms with Crippen molar-refractivity contribution < 1.29 is 79.5 Å². The summed E-state index contributed by atoms with van der Waals surface area (Å²) in [6, 6.07) is -88.4. The first-order valence-corrected chi connectivity index (χ1v) is 27.3. The SMILES string of the molecule is [2H]c1c([2H])c([2H])c(-c2c([2H])c([2H])c([2H])c([2H])c2-c2c([2H])c([2H])c3c(c2[2H])[Si]2(c4c([2H])c(-c5c([2H])c([2H])c([2H])c([2H])c5-c5c([2H])c([2H])c([2H])c([2H])c5[2H])c([2H])c([2H])c4N3c3c([2H])c([2H])c([2H])c([2H])c3[2H])c3c([2H])c(-c4c([2H])c([2H])c([2H])c([2H])c4-c4c([2H])c([2H])c([2H])c([2H])c4[2H])c([2H])c([2H])c3N(c3c([2H])c([2H])c([2H])c([2H])c3[2H])c3c([2H])c([2H])c(-c4c([2H])c([2H])c([2H])c([2H])c4-c4c([2H])c([2H])c([2H])c([2H])c4[2H])c([2H])c32)c([2H])c1[2H]. The summed E-state index contributed by atoms with van der Waals surface area (Å²) in [4.78, 5) is 0.235. The van der Waals surface area contributed by atoms with Crippen LogP contribution in [0.15, 0.2) is 350 Å². The molecule has 0 radical (unpaired) electrons. The smallest absolute Gasteiger partial charge is 0.188 e. The van der Waals surface area contributed by atoms with Gasteiger partial charge >= 0.3 is 0 Å². The molecule has 0 saturated carbocycles. The predicted molar refractivity (Wildman–Crippen MR) is 370 cm³/mol. The van der Waals surface area contributed by atoms with Crippen molar-refractivity contribution in [2.24, 2.45) is 0 Å². The van der Waals surface area contributed by atoms with Gasteiger partial charge in [-0.1, -0.05) is 302 Å². The topological polar surface area (TPSA) is 6.48 Å². The predicted octanol–water partition coefficient (Wildman–Crippen LogP) is 20.0. The van der Waals surface area contributed by atoms with Crippen LogP contribution in [0.1, 0.15) is 79.5 Å². The Morgan fingerprint density at radius 3 is 0.586 bits per heavy atom. The van der Waals surface area contributed by atoms with Gasteiger partial charge in [-0.25, -0.2) is 0 Å². The number of anilines is 6. The lowest BCUT2D eigenvalue weighted by Crippen LogP contribution is -2.79. The molecule has 2 heterocycles. The molecule has 3 heteroatoms. The standard InChI is InChI=1S/C84H58N2Si/c1-7-27-59(28-8-1)69-39-19-23-43-73(69)63-47-51-77-81(55-63)87(82-56-64(48-52-78(82)85(77)67-35-15-5-16-36-67)74-44-24-20-40-70(74)60-29-9-2-10-30-60)83-57-65(75-45-25-21-41-71(75)61-31-11-3-12-32-61)49-53-79(83)86(68-37-17-6-18-38-68)80-54-50-66(58-84(80)87)76-46-26-22-42-72(76)62-33-13-4-14-34-62/h1-58H/i1D,2D,3D,4D,5D,6D,7D,8D,9D,10D,11D,12D,13D,14D,15D,16D,17D,18D,19D,20D,21D,22D,23D,24D,25D,26D,27D,28D,29D,30D,31D,32D,33D,34D,35D,36D,37D,38D,39D,40D,41D,42D,43D,44D,45D,46D,47D,48D,49D,50D,51D,52D,53D,54D,55D,56D,57D,58D. The van der Waals surface area contributed by atoms with E-state index in [1.165, 1.54) is 0 Å². The van der Waals surface area contributed by atoms with E-state index in [2.05, 4.69) is 0 Å². The van der Waals surface area contributed by atoms with Crippen molar-refractivity contribution in [1.82, 2.24) is 0 Å². The molecule has 0 aliphatic carbocycles. The van der Waals surface area contributed by atoms with Gasteiger partial charge in [-0.3, -0.25) is 0 Å². The summed E-state index contributed by atoms with van der Waals surface area (Å²) in [5.74, 6) is 0. The van der Waals surface area contributed by atoms with Gasteiger partial charge in [0.2, 0.25) is 0 Å². The van der Waals surface area contributed by atoms with Gasteiger partial charge in [0.1, 0.15) is 0 Å². The maximum absolute atomic E-state index is 11.9. The summed E-state index contributed by atoms with van der Waals surface area (Å²) in [5, 5.41) is -7.06. The molecular formula is C84H58N2Si. The molecule has 408 valence electrons. The van der Waals surface area contributed by atoms with Gasteiger partial charge in [0, 0.05) is 34.1 Å². The Labute approximate surface area is 592 Å². The van der Waals surface area contributed by atoms with E-state index in [1.54, 1.807) is 0 Å². The molecule has 2 nitrogen and oxygen atoms in total. The van der Waals surface area contributed by atoms with Crippen molar-refractivity contribution in [3.63, 3.8) is 0 Å². The fourth-order valence-electron chi connectivity index (χ4n) is 10.2. The van der Waals surface area contributed by atoms with Crippen LogP contribution in [-0.2, 0) is 0 Å². The molecule has 2 aliphatic rings. The third-order valence-electron chi connectivity index (χ3n) is 13.7. The van der Waals surface area contributed by atoms with Crippen molar-refractivity contribution in [1.29, 1.82) is 0 Å². The van der Waals surface area contributed by atoms with Gasteiger partial charge in [0.25, 0.3) is 0 Å². The molecule has 0 bridgehead atoms. The fourth-order valence-corrected chi connectivity index (χ4v) is 15.1. The Kier molecular flexibility index (Phi) is 4.82. The van der Waals surface area contributed by atoms with Crippen molar-refractivity contribution in [3.05, 3.63) is 350 Å². The molecule has 14 aromatic rings. The van der Waals surface area contributed by atoms with E-state index in [9.17, 15) is 60.3 Å². The molecule has 0 saturated heterocycles. The summed E-state index contributed by atoms with van der Waals surface area (Å²) in [5.41, 5.74) is -33.5. The van der Waals surface area contributed by atoms with E-state index >= 15 is 0 Å². The number of nitrogens with zero attached hydrogens (tertiary/aromatic N) is 2. The second-order valence-electron chi connectivity index (χ2n) is 18.3. The lowest BCUT2D eigenvalue weighted by Gasteiger charge is -2.50. The van der Waals surface area contributed by atoms with Crippen LogP contribution in [0.2, 0.25) is 0 Å². The Hall–Kier alpha value is -11.1. The van der Waals surface area contributed by atoms with Crippen LogP contribution in [0.5, 0.6) is 0 Å². The minimum Gasteiger partial charge on any atom is -0.311 e. The largest absolute Gasteiger partial charge is 0.311 e. The summed E-state index contributed by atoms with van der Waals surface area (Å²) >= 11 is 0. The molecule has 0 aromatic heterocycles. The molecule has 0 amide bonds. The summed E-state index contributed by atoms with van der Waals surface area (Å²) in [6.07, 6.45) is 0. The van der Waals surface area contributed by atoms with Crippen LogP contribution in [0.3, 0.4) is 0 Å². The monoisotopic (exact) mass is 1180 g/mol. The highest BCUT2D eigenvalue weighted by Gasteiger charge is 2.55. The second kappa shape index (κ2) is 21.8. The summed E-state index contributed by atoms with van der Waals surface area (Å²) < 4.78 is 572. The first-order valence-electron chi connectivity index (χ1n) is 54.3. The fraction of sp³-hybridized carbons (Fsp3) is 0. The summed E-state index contributed by atoms with van der Waals surface area (Å²) in [7, 11) is -8.15. The van der Waals surface area contributed by atoms with Crippen molar-refractivity contribution in [3.8, 4) is 89.0 Å². The van der Waals surface area contributed by atoms with Gasteiger partial charge in [0.05, 0.1) is 79.5 Å². The van der Waals surface area contributed by atoms with E-state index in [4.69, 9.17) is 19.2 Å². The number of hydrogen-bond donors (Lipinski definition) is 0. The Morgan fingerprint density at radius 1 is 0.184 bits per heavy atom. The molecule has 14 aromatic carbocycles. The minimum atomic E-state index is -8.15. The highest BCUT2D eigenvalue weighted by molar-refractivity contribution is 7.23. The minimum absolute atomic E-state index is 0.118. The van der Waals surface area contributed by atoms with Crippen LogP contribution in [-0.4, -0.2) is 8.07 Å². The van der Waals surface area contributed by atoms with Crippen LogP contribution < -0.4 is 30.5 Å². The highest BCUT2D eigenvalue weighted by Crippen LogP contribution is 2.48. The van der Waals surface area contributed by atoms with Gasteiger partial charge in [-0.15, -0.1) is 0 Å². The molecule has 0 atom stereocenters. The third-order valence-corrected chi connectivity index (χ3v) is 18.2. The molecule has 0 unspecified atom stereocenters. The highest BCUT2D eigenvalue weighted by atomic mass is 28.3. The number of rotatable bonds is 10. The number of benzene rings is 14. The van der Waals surface area contributed by atoms with E-state index < -0.39 is 502 Å². The average Bonchev–Trinajstić information content (AvgIpc) is 0.639. The summed E-state index contributed by atoms with van der Waals surface area (Å²) in [6.45, 7) is 0. The average molecular weight is 1180 g/mol. The zero-order valence-corrected chi connectivity index (χ0v) is 44.4. The maximum Gasteiger partial charge on any atom is 0.188 e. The van der Waals surface area contributed by atoms with Crippen LogP contribution in [0.25, 0.3) is 89.0 Å². The molecule has 1 spiro atoms. The zero-order valence-electron chi connectivity index (χ0n) is 101. The normalized spacial score (nSPS) is 22.0. The van der Waals surface area contributed by atoms with E-state index in [1.807, 2.05) is 0 Å². The van der Waals surface area contributed by atoms with Crippen molar-refractivity contribution >= 4 is 62.9 Å². The first kappa shape index (κ1) is 19.2. The van der Waals surface area contributed by atoms with Crippen LogP contribution >= 0.6 is 0 Å². The number of hydrogen-bond acceptors (Lipinski definition) is 2. The van der Waals surface area contributed by atoms with Crippen molar-refractivity contribution in [2.45, 2.75) is 0 Å². The quantitative estimate of drug-likeness (QED) is 0.126. The Balaban J connectivity index is 1.39. The molecule has 0 N–H and O–H groups in total. The maximum atomic E-state index is 11.9. The zero-order chi connectivity index (χ0) is 108. The molecule has 87 heavy (non-hydrogen) atoms. The van der Waals surface area contributed by atoms with Crippen molar-refractivity contribution in [2.75, 3.05) is 9.80 Å². The number of fused-ring (bicyclic) bond motifs is 8. The van der Waals surface area contributed by atoms with Crippen LogP contribution in [0, 0.1) is 0 Å². The second-order valence-corrected chi connectivity index (χ2v) is 21.8. The van der Waals surface area contributed by atoms with Gasteiger partial charge in [-0.05, 0) is 158 Å². The molecule has 16 rings (SSSR count).